The molecule has 1 aliphatic rings. The molecular weight excluding hydrogens is 348 g/mol. The molecule has 0 radical (unpaired) electrons. The zero-order valence-electron chi connectivity index (χ0n) is 14.5. The summed E-state index contributed by atoms with van der Waals surface area (Å²) in [7, 11) is 1.79. The zero-order valence-corrected chi connectivity index (χ0v) is 14.5. The minimum Gasteiger partial charge on any atom is -0.480 e. The molecular formula is C17H23F2N3O4. The van der Waals surface area contributed by atoms with Crippen molar-refractivity contribution in [3.63, 3.8) is 0 Å². The number of piperidine rings is 1. The van der Waals surface area contributed by atoms with Crippen LogP contribution in [0.5, 0.6) is 5.75 Å². The Labute approximate surface area is 150 Å². The molecule has 0 bridgehead atoms. The molecule has 9 heteroatoms. The molecule has 0 unspecified atom stereocenters. The zero-order chi connectivity index (χ0) is 19.1. The number of alkyl halides is 2. The third kappa shape index (κ3) is 6.57. The fraction of sp³-hybridized carbons (Fsp3) is 0.529. The number of carbonyl (C=O) groups excluding carboxylic acids is 1. The number of anilines is 1. The number of hydrogen-bond donors (Lipinski definition) is 2. The Kier molecular flexibility index (Phi) is 7.28. The van der Waals surface area contributed by atoms with Crippen LogP contribution in [0.4, 0.5) is 14.5 Å². The van der Waals surface area contributed by atoms with Crippen molar-refractivity contribution >= 4 is 17.6 Å². The van der Waals surface area contributed by atoms with Gasteiger partial charge < -0.3 is 15.2 Å². The van der Waals surface area contributed by atoms with Crippen LogP contribution >= 0.6 is 0 Å². The fourth-order valence-corrected chi connectivity index (χ4v) is 2.98. The molecule has 1 heterocycles. The van der Waals surface area contributed by atoms with Gasteiger partial charge in [-0.25, -0.2) is 0 Å². The van der Waals surface area contributed by atoms with Gasteiger partial charge in [0.05, 0.1) is 13.1 Å². The van der Waals surface area contributed by atoms with E-state index >= 15 is 0 Å². The van der Waals surface area contributed by atoms with Crippen molar-refractivity contribution in [3.8, 4) is 5.75 Å². The number of rotatable bonds is 8. The number of halogens is 2. The lowest BCUT2D eigenvalue weighted by molar-refractivity contribution is -0.138. The maximum atomic E-state index is 12.1. The summed E-state index contributed by atoms with van der Waals surface area (Å²) in [5, 5.41) is 11.6. The number of carbonyl (C=O) groups is 2. The lowest BCUT2D eigenvalue weighted by atomic mass is 10.0. The van der Waals surface area contributed by atoms with Gasteiger partial charge in [-0.3, -0.25) is 19.4 Å². The van der Waals surface area contributed by atoms with E-state index in [-0.39, 0.29) is 30.8 Å². The van der Waals surface area contributed by atoms with Gasteiger partial charge in [0.25, 0.3) is 0 Å². The Bertz CT molecular complexity index is 605. The molecule has 0 aliphatic carbocycles. The molecule has 1 fully saturated rings. The Hall–Kier alpha value is -2.26. The van der Waals surface area contributed by atoms with Crippen molar-refractivity contribution in [2.24, 2.45) is 0 Å². The highest BCUT2D eigenvalue weighted by Gasteiger charge is 2.24. The van der Waals surface area contributed by atoms with E-state index in [1.54, 1.807) is 7.05 Å². The van der Waals surface area contributed by atoms with E-state index in [0.29, 0.717) is 18.8 Å². The van der Waals surface area contributed by atoms with Gasteiger partial charge in [-0.05, 0) is 44.2 Å². The van der Waals surface area contributed by atoms with Gasteiger partial charge in [0.2, 0.25) is 5.91 Å². The topological polar surface area (TPSA) is 82.1 Å². The summed E-state index contributed by atoms with van der Waals surface area (Å²) < 4.78 is 28.5. The largest absolute Gasteiger partial charge is 0.480 e. The second-order valence-corrected chi connectivity index (χ2v) is 6.27. The summed E-state index contributed by atoms with van der Waals surface area (Å²) in [4.78, 5) is 26.7. The fourth-order valence-electron chi connectivity index (χ4n) is 2.98. The first-order chi connectivity index (χ1) is 12.3. The van der Waals surface area contributed by atoms with Gasteiger partial charge in [-0.2, -0.15) is 8.78 Å². The minimum atomic E-state index is -2.88. The van der Waals surface area contributed by atoms with Crippen molar-refractivity contribution in [3.05, 3.63) is 24.3 Å². The van der Waals surface area contributed by atoms with Crippen molar-refractivity contribution < 1.29 is 28.2 Å². The lowest BCUT2D eigenvalue weighted by Gasteiger charge is -2.35. The van der Waals surface area contributed by atoms with Crippen molar-refractivity contribution in [2.75, 3.05) is 38.5 Å². The van der Waals surface area contributed by atoms with Crippen molar-refractivity contribution in [1.82, 2.24) is 9.80 Å². The number of nitrogens with zero attached hydrogens (tertiary/aromatic N) is 2. The number of carboxylic acids is 1. The molecule has 0 spiro atoms. The second-order valence-electron chi connectivity index (χ2n) is 6.27. The number of nitrogens with one attached hydrogen (secondary N) is 1. The average molecular weight is 371 g/mol. The number of benzene rings is 1. The molecule has 2 N–H and O–H groups in total. The van der Waals surface area contributed by atoms with Gasteiger partial charge >= 0.3 is 12.6 Å². The highest BCUT2D eigenvalue weighted by atomic mass is 19.3. The quantitative estimate of drug-likeness (QED) is 0.724. The monoisotopic (exact) mass is 371 g/mol. The van der Waals surface area contributed by atoms with E-state index in [9.17, 15) is 18.4 Å². The van der Waals surface area contributed by atoms with E-state index in [2.05, 4.69) is 10.1 Å². The second kappa shape index (κ2) is 9.44. The predicted octanol–water partition coefficient (Wildman–Crippen LogP) is 1.71. The summed E-state index contributed by atoms with van der Waals surface area (Å²) >= 11 is 0. The summed E-state index contributed by atoms with van der Waals surface area (Å²) in [6.07, 6.45) is 1.60. The molecule has 1 saturated heterocycles. The first kappa shape index (κ1) is 20.1. The highest BCUT2D eigenvalue weighted by Crippen LogP contribution is 2.18. The average Bonchev–Trinajstić information content (AvgIpc) is 2.56. The van der Waals surface area contributed by atoms with Crippen LogP contribution in [0.3, 0.4) is 0 Å². The van der Waals surface area contributed by atoms with E-state index in [1.165, 1.54) is 24.3 Å². The molecule has 2 rings (SSSR count). The number of ether oxygens (including phenoxy) is 1. The number of hydrogen-bond acceptors (Lipinski definition) is 5. The highest BCUT2D eigenvalue weighted by molar-refractivity contribution is 5.92. The SMILES string of the molecule is CN(CC(=O)O)C1CCN(CC(=O)Nc2ccc(OC(F)F)cc2)CC1. The summed E-state index contributed by atoms with van der Waals surface area (Å²) in [6.45, 7) is -1.22. The van der Waals surface area contributed by atoms with Gasteiger partial charge in [-0.1, -0.05) is 0 Å². The smallest absolute Gasteiger partial charge is 0.387 e. The van der Waals surface area contributed by atoms with Gasteiger partial charge in [-0.15, -0.1) is 0 Å². The maximum absolute atomic E-state index is 12.1. The first-order valence-electron chi connectivity index (χ1n) is 8.32. The molecule has 1 aliphatic heterocycles. The molecule has 0 atom stereocenters. The van der Waals surface area contributed by atoms with E-state index in [0.717, 1.165) is 12.8 Å². The lowest BCUT2D eigenvalue weighted by Crippen LogP contribution is -2.46. The van der Waals surface area contributed by atoms with E-state index < -0.39 is 12.6 Å². The molecule has 144 valence electrons. The normalized spacial score (nSPS) is 16.0. The number of aliphatic carboxylic acids is 1. The predicted molar refractivity (Wildman–Crippen MR) is 91.4 cm³/mol. The third-order valence-electron chi connectivity index (χ3n) is 4.30. The third-order valence-corrected chi connectivity index (χ3v) is 4.30. The molecule has 0 saturated carbocycles. The summed E-state index contributed by atoms with van der Waals surface area (Å²) in [5.74, 6) is -1.00. The number of carboxylic acid groups (broad SMARTS) is 1. The number of amides is 1. The van der Waals surface area contributed by atoms with Crippen LogP contribution in [0, 0.1) is 0 Å². The van der Waals surface area contributed by atoms with Gasteiger partial charge in [0.1, 0.15) is 5.75 Å². The van der Waals surface area contributed by atoms with Crippen LogP contribution in [0.25, 0.3) is 0 Å². The Morgan fingerprint density at radius 3 is 2.46 bits per heavy atom. The van der Waals surface area contributed by atoms with Crippen molar-refractivity contribution in [2.45, 2.75) is 25.5 Å². The molecule has 1 aromatic rings. The maximum Gasteiger partial charge on any atom is 0.387 e. The molecule has 0 aromatic heterocycles. The molecule has 1 amide bonds. The standard InChI is InChI=1S/C17H23F2N3O4/c1-21(11-16(24)25)13-6-8-22(9-7-13)10-15(23)20-12-2-4-14(5-3-12)26-17(18)19/h2-5,13,17H,6-11H2,1H3,(H,20,23)(H,24,25). The first-order valence-corrected chi connectivity index (χ1v) is 8.32. The van der Waals surface area contributed by atoms with Crippen LogP contribution in [-0.4, -0.2) is 72.7 Å². The van der Waals surface area contributed by atoms with Crippen LogP contribution in [-0.2, 0) is 9.59 Å². The van der Waals surface area contributed by atoms with E-state index in [1.807, 2.05) is 9.80 Å². The van der Waals surface area contributed by atoms with Crippen LogP contribution in [0.15, 0.2) is 24.3 Å². The Morgan fingerprint density at radius 2 is 1.92 bits per heavy atom. The molecule has 1 aromatic carbocycles. The van der Waals surface area contributed by atoms with Crippen molar-refractivity contribution in [1.29, 1.82) is 0 Å². The van der Waals surface area contributed by atoms with E-state index in [4.69, 9.17) is 5.11 Å². The van der Waals surface area contributed by atoms with Gasteiger partial charge in [0, 0.05) is 24.8 Å². The van der Waals surface area contributed by atoms with Crippen LogP contribution in [0.2, 0.25) is 0 Å². The Balaban J connectivity index is 1.74. The number of likely N-dealkylation sites (N-methyl/N-ethyl adjacent to an activating group) is 1. The van der Waals surface area contributed by atoms with Crippen LogP contribution in [0.1, 0.15) is 12.8 Å². The summed E-state index contributed by atoms with van der Waals surface area (Å²) in [6, 6.07) is 5.94. The van der Waals surface area contributed by atoms with Gasteiger partial charge in [0.15, 0.2) is 0 Å². The molecule has 26 heavy (non-hydrogen) atoms. The summed E-state index contributed by atoms with van der Waals surface area (Å²) in [5.41, 5.74) is 0.507. The number of likely N-dealkylation sites (tertiary alicyclic amines) is 1. The Morgan fingerprint density at radius 1 is 1.31 bits per heavy atom. The van der Waals surface area contributed by atoms with Crippen LogP contribution < -0.4 is 10.1 Å². The molecule has 7 nitrogen and oxygen atoms in total. The minimum absolute atomic E-state index is 0.0103.